The van der Waals surface area contributed by atoms with E-state index in [4.69, 9.17) is 4.74 Å². The zero-order valence-corrected chi connectivity index (χ0v) is 12.9. The van der Waals surface area contributed by atoms with Crippen molar-refractivity contribution in [1.29, 1.82) is 5.26 Å². The van der Waals surface area contributed by atoms with Crippen LogP contribution < -0.4 is 9.64 Å². The number of benzene rings is 1. The molecule has 0 unspecified atom stereocenters. The molecule has 3 rings (SSSR count). The minimum absolute atomic E-state index is 0.321. The Balaban J connectivity index is 1.80. The van der Waals surface area contributed by atoms with Crippen molar-refractivity contribution in [3.8, 4) is 11.8 Å². The predicted octanol–water partition coefficient (Wildman–Crippen LogP) is 3.82. The van der Waals surface area contributed by atoms with E-state index in [0.29, 0.717) is 0 Å². The molecule has 0 aliphatic carbocycles. The van der Waals surface area contributed by atoms with E-state index in [0.717, 1.165) is 37.4 Å². The van der Waals surface area contributed by atoms with E-state index in [1.165, 1.54) is 5.56 Å². The molecule has 2 aromatic rings. The van der Waals surface area contributed by atoms with Gasteiger partial charge in [-0.05, 0) is 47.4 Å². The lowest BCUT2D eigenvalue weighted by Gasteiger charge is -2.38. The zero-order chi connectivity index (χ0) is 14.7. The predicted molar refractivity (Wildman–Crippen MR) is 86.1 cm³/mol. The molecule has 1 aliphatic heterocycles. The molecule has 1 fully saturated rings. The number of hydrogen-bond donors (Lipinski definition) is 0. The molecule has 1 aromatic heterocycles. The van der Waals surface area contributed by atoms with E-state index in [1.807, 2.05) is 18.2 Å². The maximum absolute atomic E-state index is 9.68. The average Bonchev–Trinajstić information content (AvgIpc) is 3.10. The fraction of sp³-hybridized carbons (Fsp3) is 0.353. The van der Waals surface area contributed by atoms with Gasteiger partial charge in [0.25, 0.3) is 0 Å². The highest BCUT2D eigenvalue weighted by Crippen LogP contribution is 2.39. The third-order valence-electron chi connectivity index (χ3n) is 4.33. The lowest BCUT2D eigenvalue weighted by atomic mass is 9.75. The second kappa shape index (κ2) is 5.79. The van der Waals surface area contributed by atoms with Crippen LogP contribution in [0.3, 0.4) is 0 Å². The van der Waals surface area contributed by atoms with Crippen LogP contribution in [0, 0.1) is 11.3 Å². The number of ether oxygens (including phenoxy) is 1. The van der Waals surface area contributed by atoms with Crippen molar-refractivity contribution in [2.24, 2.45) is 0 Å². The molecule has 0 radical (unpaired) electrons. The zero-order valence-electron chi connectivity index (χ0n) is 12.1. The molecular formula is C17H18N2OS. The molecule has 3 nitrogen and oxygen atoms in total. The molecular weight excluding hydrogens is 280 g/mol. The third kappa shape index (κ3) is 2.50. The van der Waals surface area contributed by atoms with E-state index in [9.17, 15) is 5.26 Å². The van der Waals surface area contributed by atoms with Crippen LogP contribution in [-0.4, -0.2) is 20.2 Å². The summed E-state index contributed by atoms with van der Waals surface area (Å²) in [6.45, 7) is 1.76. The van der Waals surface area contributed by atoms with Crippen molar-refractivity contribution in [3.05, 3.63) is 46.7 Å². The van der Waals surface area contributed by atoms with Crippen molar-refractivity contribution >= 4 is 17.0 Å². The number of piperidine rings is 1. The van der Waals surface area contributed by atoms with Gasteiger partial charge in [0.2, 0.25) is 0 Å². The Labute approximate surface area is 129 Å². The van der Waals surface area contributed by atoms with E-state index < -0.39 is 0 Å². The normalized spacial score (nSPS) is 17.2. The Kier molecular flexibility index (Phi) is 3.85. The molecule has 1 aromatic carbocycles. The van der Waals surface area contributed by atoms with Gasteiger partial charge in [-0.25, -0.2) is 0 Å². The summed E-state index contributed by atoms with van der Waals surface area (Å²) in [5, 5.41) is 13.9. The standard InChI is InChI=1S/C17H18N2OS/c1-20-16-5-3-2-4-15(16)19-9-7-17(13-18,8-10-19)14-6-11-21-12-14/h2-6,11-12H,7-10H2,1H3. The van der Waals surface area contributed by atoms with Crippen LogP contribution in [0.2, 0.25) is 0 Å². The first-order valence-electron chi connectivity index (χ1n) is 7.11. The summed E-state index contributed by atoms with van der Waals surface area (Å²) in [5.74, 6) is 0.900. The Morgan fingerprint density at radius 1 is 1.24 bits per heavy atom. The van der Waals surface area contributed by atoms with Gasteiger partial charge in [-0.2, -0.15) is 16.6 Å². The Bertz CT molecular complexity index is 637. The number of hydrogen-bond acceptors (Lipinski definition) is 4. The van der Waals surface area contributed by atoms with Crippen LogP contribution in [0.5, 0.6) is 5.75 Å². The van der Waals surface area contributed by atoms with E-state index in [-0.39, 0.29) is 5.41 Å². The van der Waals surface area contributed by atoms with E-state index >= 15 is 0 Å². The number of methoxy groups -OCH3 is 1. The second-order valence-corrected chi connectivity index (χ2v) is 6.14. The summed E-state index contributed by atoms with van der Waals surface area (Å²) < 4.78 is 5.44. The first-order chi connectivity index (χ1) is 10.3. The van der Waals surface area contributed by atoms with Gasteiger partial charge in [0.05, 0.1) is 24.3 Å². The largest absolute Gasteiger partial charge is 0.495 e. The summed E-state index contributed by atoms with van der Waals surface area (Å²) >= 11 is 1.67. The molecule has 1 saturated heterocycles. The quantitative estimate of drug-likeness (QED) is 0.864. The Hall–Kier alpha value is -1.99. The van der Waals surface area contributed by atoms with Crippen LogP contribution >= 0.6 is 11.3 Å². The monoisotopic (exact) mass is 298 g/mol. The fourth-order valence-electron chi connectivity index (χ4n) is 3.02. The van der Waals surface area contributed by atoms with Crippen molar-refractivity contribution in [3.63, 3.8) is 0 Å². The second-order valence-electron chi connectivity index (χ2n) is 5.36. The number of nitriles is 1. The van der Waals surface area contributed by atoms with E-state index in [2.05, 4.69) is 33.9 Å². The lowest BCUT2D eigenvalue weighted by Crippen LogP contribution is -2.41. The summed E-state index contributed by atoms with van der Waals surface area (Å²) in [7, 11) is 1.70. The van der Waals surface area contributed by atoms with Gasteiger partial charge >= 0.3 is 0 Å². The molecule has 0 N–H and O–H groups in total. The minimum atomic E-state index is -0.321. The summed E-state index contributed by atoms with van der Waals surface area (Å²) in [6, 6.07) is 12.7. The van der Waals surface area contributed by atoms with Gasteiger partial charge in [-0.3, -0.25) is 0 Å². The first kappa shape index (κ1) is 14.0. The highest BCUT2D eigenvalue weighted by molar-refractivity contribution is 7.08. The SMILES string of the molecule is COc1ccccc1N1CCC(C#N)(c2ccsc2)CC1. The summed E-state index contributed by atoms with van der Waals surface area (Å²) in [5.41, 5.74) is 1.98. The maximum Gasteiger partial charge on any atom is 0.142 e. The average molecular weight is 298 g/mol. The molecule has 0 atom stereocenters. The topological polar surface area (TPSA) is 36.3 Å². The lowest BCUT2D eigenvalue weighted by molar-refractivity contribution is 0.397. The number of thiophene rings is 1. The van der Waals surface area contributed by atoms with Gasteiger partial charge in [0.1, 0.15) is 5.75 Å². The van der Waals surface area contributed by atoms with Crippen LogP contribution in [0.1, 0.15) is 18.4 Å². The molecule has 0 bridgehead atoms. The molecule has 0 amide bonds. The number of anilines is 1. The van der Waals surface area contributed by atoms with Crippen molar-refractivity contribution < 1.29 is 4.74 Å². The Morgan fingerprint density at radius 3 is 2.62 bits per heavy atom. The molecule has 2 heterocycles. The highest BCUT2D eigenvalue weighted by Gasteiger charge is 2.37. The molecule has 4 heteroatoms. The number of rotatable bonds is 3. The highest BCUT2D eigenvalue weighted by atomic mass is 32.1. The van der Waals surface area contributed by atoms with Crippen LogP contribution in [-0.2, 0) is 5.41 Å². The van der Waals surface area contributed by atoms with Crippen LogP contribution in [0.4, 0.5) is 5.69 Å². The smallest absolute Gasteiger partial charge is 0.142 e. The first-order valence-corrected chi connectivity index (χ1v) is 8.05. The van der Waals surface area contributed by atoms with Gasteiger partial charge in [-0.1, -0.05) is 12.1 Å². The minimum Gasteiger partial charge on any atom is -0.495 e. The van der Waals surface area contributed by atoms with Crippen molar-refractivity contribution in [2.75, 3.05) is 25.1 Å². The molecule has 0 spiro atoms. The third-order valence-corrected chi connectivity index (χ3v) is 5.01. The van der Waals surface area contributed by atoms with Gasteiger partial charge in [-0.15, -0.1) is 0 Å². The van der Waals surface area contributed by atoms with Gasteiger partial charge in [0.15, 0.2) is 0 Å². The summed E-state index contributed by atoms with van der Waals surface area (Å²) in [4.78, 5) is 2.32. The van der Waals surface area contributed by atoms with Gasteiger partial charge in [0, 0.05) is 13.1 Å². The van der Waals surface area contributed by atoms with Gasteiger partial charge < -0.3 is 9.64 Å². The Morgan fingerprint density at radius 2 is 2.00 bits per heavy atom. The van der Waals surface area contributed by atoms with Crippen LogP contribution in [0.25, 0.3) is 0 Å². The van der Waals surface area contributed by atoms with Crippen molar-refractivity contribution in [1.82, 2.24) is 0 Å². The fourth-order valence-corrected chi connectivity index (χ4v) is 3.78. The number of nitrogens with zero attached hydrogens (tertiary/aromatic N) is 2. The maximum atomic E-state index is 9.68. The van der Waals surface area contributed by atoms with Crippen LogP contribution in [0.15, 0.2) is 41.1 Å². The van der Waals surface area contributed by atoms with E-state index in [1.54, 1.807) is 18.4 Å². The number of para-hydroxylation sites is 2. The molecule has 0 saturated carbocycles. The molecule has 21 heavy (non-hydrogen) atoms. The summed E-state index contributed by atoms with van der Waals surface area (Å²) in [6.07, 6.45) is 1.72. The molecule has 1 aliphatic rings. The van der Waals surface area contributed by atoms with Crippen molar-refractivity contribution in [2.45, 2.75) is 18.3 Å². The molecule has 108 valence electrons.